The summed E-state index contributed by atoms with van der Waals surface area (Å²) in [5, 5.41) is 6.85. The highest BCUT2D eigenvalue weighted by Crippen LogP contribution is 2.25. The maximum Gasteiger partial charge on any atom is 0.349 e. The molecule has 0 aliphatic carbocycles. The second-order valence-corrected chi connectivity index (χ2v) is 7.41. The molecule has 0 saturated carbocycles. The molecule has 2 aromatic heterocycles. The molecule has 3 aromatic rings. The number of ether oxygens (including phenoxy) is 1. The van der Waals surface area contributed by atoms with Crippen LogP contribution >= 0.6 is 22.7 Å². The van der Waals surface area contributed by atoms with Crippen LogP contribution in [-0.4, -0.2) is 23.0 Å². The second-order valence-electron chi connectivity index (χ2n) is 5.60. The predicted molar refractivity (Wildman–Crippen MR) is 105 cm³/mol. The van der Waals surface area contributed by atoms with E-state index in [0.717, 1.165) is 17.7 Å². The standard InChI is InChI=1S/C19H18N2O3S2/c1-3-13-6-8-14(9-7-13)15-11-26-19(20-15)21-17(22)12(2)24-18(23)16-5-4-10-25-16/h4-12H,3H2,1-2H3,(H,20,21,22)/t12-/m1/s1. The van der Waals surface area contributed by atoms with Crippen molar-refractivity contribution in [2.24, 2.45) is 0 Å². The zero-order valence-corrected chi connectivity index (χ0v) is 16.0. The summed E-state index contributed by atoms with van der Waals surface area (Å²) < 4.78 is 5.18. The van der Waals surface area contributed by atoms with Crippen molar-refractivity contribution in [2.45, 2.75) is 26.4 Å². The highest BCUT2D eigenvalue weighted by atomic mass is 32.1. The van der Waals surface area contributed by atoms with Gasteiger partial charge in [-0.1, -0.05) is 37.3 Å². The van der Waals surface area contributed by atoms with Gasteiger partial charge in [-0.2, -0.15) is 0 Å². The lowest BCUT2D eigenvalue weighted by molar-refractivity contribution is -0.123. The van der Waals surface area contributed by atoms with E-state index in [1.165, 1.54) is 28.2 Å². The lowest BCUT2D eigenvalue weighted by Crippen LogP contribution is -2.29. The number of hydrogen-bond acceptors (Lipinski definition) is 6. The average molecular weight is 386 g/mol. The highest BCUT2D eigenvalue weighted by molar-refractivity contribution is 7.14. The van der Waals surface area contributed by atoms with Crippen molar-refractivity contribution in [3.63, 3.8) is 0 Å². The molecule has 0 saturated heterocycles. The van der Waals surface area contributed by atoms with Gasteiger partial charge in [-0.3, -0.25) is 10.1 Å². The number of nitrogens with zero attached hydrogens (tertiary/aromatic N) is 1. The van der Waals surface area contributed by atoms with E-state index in [4.69, 9.17) is 4.74 Å². The molecule has 0 spiro atoms. The number of carbonyl (C=O) groups excluding carboxylic acids is 2. The van der Waals surface area contributed by atoms with Gasteiger partial charge in [0.1, 0.15) is 4.88 Å². The Kier molecular flexibility index (Phi) is 5.80. The average Bonchev–Trinajstić information content (AvgIpc) is 3.34. The number of aromatic nitrogens is 1. The third kappa shape index (κ3) is 4.36. The van der Waals surface area contributed by atoms with Crippen LogP contribution in [0.5, 0.6) is 0 Å². The van der Waals surface area contributed by atoms with Gasteiger partial charge in [-0.25, -0.2) is 9.78 Å². The summed E-state index contributed by atoms with van der Waals surface area (Å²) in [6.45, 7) is 3.65. The Hall–Kier alpha value is -2.51. The third-order valence-corrected chi connectivity index (χ3v) is 5.38. The summed E-state index contributed by atoms with van der Waals surface area (Å²) in [6.07, 6.45) is 0.0848. The number of aryl methyl sites for hydroxylation is 1. The highest BCUT2D eigenvalue weighted by Gasteiger charge is 2.20. The van der Waals surface area contributed by atoms with Gasteiger partial charge in [-0.15, -0.1) is 22.7 Å². The fourth-order valence-corrected chi connectivity index (χ4v) is 3.58. The zero-order valence-electron chi connectivity index (χ0n) is 14.4. The van der Waals surface area contributed by atoms with E-state index < -0.39 is 18.0 Å². The molecule has 1 aromatic carbocycles. The second kappa shape index (κ2) is 8.25. The zero-order chi connectivity index (χ0) is 18.5. The molecule has 0 aliphatic heterocycles. The molecule has 2 heterocycles. The number of hydrogen-bond donors (Lipinski definition) is 1. The van der Waals surface area contributed by atoms with Gasteiger partial charge in [0.05, 0.1) is 5.69 Å². The fraction of sp³-hybridized carbons (Fsp3) is 0.211. The molecule has 1 amide bonds. The Morgan fingerprint density at radius 2 is 1.96 bits per heavy atom. The van der Waals surface area contributed by atoms with Crippen molar-refractivity contribution in [1.82, 2.24) is 4.98 Å². The molecule has 0 fully saturated rings. The van der Waals surface area contributed by atoms with Crippen LogP contribution < -0.4 is 5.32 Å². The molecule has 0 unspecified atom stereocenters. The molecular weight excluding hydrogens is 368 g/mol. The number of thiazole rings is 1. The van der Waals surface area contributed by atoms with Crippen LogP contribution in [0, 0.1) is 0 Å². The minimum absolute atomic E-state index is 0.405. The Bertz CT molecular complexity index is 886. The molecule has 7 heteroatoms. The van der Waals surface area contributed by atoms with E-state index in [0.29, 0.717) is 10.0 Å². The van der Waals surface area contributed by atoms with Crippen LogP contribution in [-0.2, 0) is 16.0 Å². The minimum atomic E-state index is -0.902. The summed E-state index contributed by atoms with van der Waals surface area (Å²) >= 11 is 2.61. The first kappa shape index (κ1) is 18.3. The van der Waals surface area contributed by atoms with Crippen molar-refractivity contribution in [3.05, 3.63) is 57.6 Å². The number of rotatable bonds is 6. The number of amides is 1. The quantitative estimate of drug-likeness (QED) is 0.628. The summed E-state index contributed by atoms with van der Waals surface area (Å²) in [7, 11) is 0. The SMILES string of the molecule is CCc1ccc(-c2csc(NC(=O)[C@@H](C)OC(=O)c3cccs3)n2)cc1. The van der Waals surface area contributed by atoms with Gasteiger partial charge < -0.3 is 4.74 Å². The molecule has 1 N–H and O–H groups in total. The summed E-state index contributed by atoms with van der Waals surface area (Å²) in [5.74, 6) is -0.907. The first-order valence-corrected chi connectivity index (χ1v) is 9.93. The predicted octanol–water partition coefficient (Wildman–Crippen LogP) is 4.62. The molecular formula is C19H18N2O3S2. The van der Waals surface area contributed by atoms with Crippen LogP contribution in [0.15, 0.2) is 47.2 Å². The van der Waals surface area contributed by atoms with Gasteiger partial charge in [0.25, 0.3) is 5.91 Å². The van der Waals surface area contributed by atoms with E-state index in [1.807, 2.05) is 17.5 Å². The molecule has 0 radical (unpaired) electrons. The summed E-state index contributed by atoms with van der Waals surface area (Å²) in [5.41, 5.74) is 3.06. The van der Waals surface area contributed by atoms with E-state index >= 15 is 0 Å². The number of anilines is 1. The molecule has 0 bridgehead atoms. The number of benzene rings is 1. The Morgan fingerprint density at radius 1 is 1.19 bits per heavy atom. The number of carbonyl (C=O) groups is 2. The Balaban J connectivity index is 1.60. The number of esters is 1. The van der Waals surface area contributed by atoms with Gasteiger partial charge in [0.2, 0.25) is 0 Å². The smallest absolute Gasteiger partial charge is 0.349 e. The molecule has 3 rings (SSSR count). The largest absolute Gasteiger partial charge is 0.448 e. The van der Waals surface area contributed by atoms with E-state index in [9.17, 15) is 9.59 Å². The van der Waals surface area contributed by atoms with Gasteiger partial charge in [0, 0.05) is 10.9 Å². The Morgan fingerprint density at radius 3 is 2.62 bits per heavy atom. The first-order valence-electron chi connectivity index (χ1n) is 8.17. The van der Waals surface area contributed by atoms with Gasteiger partial charge in [0.15, 0.2) is 11.2 Å². The van der Waals surface area contributed by atoms with E-state index in [1.54, 1.807) is 24.4 Å². The molecule has 26 heavy (non-hydrogen) atoms. The van der Waals surface area contributed by atoms with Crippen molar-refractivity contribution >= 4 is 39.7 Å². The molecule has 134 valence electrons. The first-order chi connectivity index (χ1) is 12.6. The van der Waals surface area contributed by atoms with Crippen LogP contribution in [0.4, 0.5) is 5.13 Å². The van der Waals surface area contributed by atoms with Gasteiger partial charge in [-0.05, 0) is 30.4 Å². The van der Waals surface area contributed by atoms with Crippen molar-refractivity contribution in [3.8, 4) is 11.3 Å². The Labute approximate surface area is 159 Å². The van der Waals surface area contributed by atoms with Crippen LogP contribution in [0.3, 0.4) is 0 Å². The van der Waals surface area contributed by atoms with Crippen LogP contribution in [0.1, 0.15) is 29.1 Å². The molecule has 1 atom stereocenters. The van der Waals surface area contributed by atoms with Crippen molar-refractivity contribution in [1.29, 1.82) is 0 Å². The lowest BCUT2D eigenvalue weighted by Gasteiger charge is -2.11. The van der Waals surface area contributed by atoms with E-state index in [-0.39, 0.29) is 0 Å². The summed E-state index contributed by atoms with van der Waals surface area (Å²) in [4.78, 5) is 29.0. The summed E-state index contributed by atoms with van der Waals surface area (Å²) in [6, 6.07) is 11.6. The monoisotopic (exact) mass is 386 g/mol. The number of thiophene rings is 1. The maximum absolute atomic E-state index is 12.2. The fourth-order valence-electron chi connectivity index (χ4n) is 2.25. The normalized spacial score (nSPS) is 11.8. The maximum atomic E-state index is 12.2. The van der Waals surface area contributed by atoms with Crippen molar-refractivity contribution in [2.75, 3.05) is 5.32 Å². The van der Waals surface area contributed by atoms with Gasteiger partial charge >= 0.3 is 5.97 Å². The topological polar surface area (TPSA) is 68.3 Å². The van der Waals surface area contributed by atoms with Crippen LogP contribution in [0.2, 0.25) is 0 Å². The van der Waals surface area contributed by atoms with E-state index in [2.05, 4.69) is 29.4 Å². The third-order valence-electron chi connectivity index (χ3n) is 3.77. The molecule has 5 nitrogen and oxygen atoms in total. The van der Waals surface area contributed by atoms with Crippen LogP contribution in [0.25, 0.3) is 11.3 Å². The number of nitrogens with one attached hydrogen (secondary N) is 1. The minimum Gasteiger partial charge on any atom is -0.448 e. The van der Waals surface area contributed by atoms with Crippen molar-refractivity contribution < 1.29 is 14.3 Å². The molecule has 0 aliphatic rings. The lowest BCUT2D eigenvalue weighted by atomic mass is 10.1.